The van der Waals surface area contributed by atoms with Gasteiger partial charge in [-0.15, -0.1) is 0 Å². The summed E-state index contributed by atoms with van der Waals surface area (Å²) in [7, 11) is 0. The predicted molar refractivity (Wildman–Crippen MR) is 109 cm³/mol. The summed E-state index contributed by atoms with van der Waals surface area (Å²) >= 11 is 0. The lowest BCUT2D eigenvalue weighted by Crippen LogP contribution is -2.46. The zero-order chi connectivity index (χ0) is 23.0. The number of fused-ring (bicyclic) bond motifs is 1. The van der Waals surface area contributed by atoms with Crippen LogP contribution in [-0.4, -0.2) is 52.5 Å². The second-order valence-electron chi connectivity index (χ2n) is 7.10. The molecule has 9 nitrogen and oxygen atoms in total. The van der Waals surface area contributed by atoms with Crippen molar-refractivity contribution in [2.45, 2.75) is 32.2 Å². The van der Waals surface area contributed by atoms with Gasteiger partial charge in [0.2, 0.25) is 5.91 Å². The molecule has 31 heavy (non-hydrogen) atoms. The van der Waals surface area contributed by atoms with Gasteiger partial charge >= 0.3 is 17.9 Å². The molecule has 9 heteroatoms. The lowest BCUT2D eigenvalue weighted by molar-refractivity contribution is -0.149. The summed E-state index contributed by atoms with van der Waals surface area (Å²) in [5, 5.41) is 21.8. The summed E-state index contributed by atoms with van der Waals surface area (Å²) in [4.78, 5) is 58.4. The van der Waals surface area contributed by atoms with Gasteiger partial charge in [0, 0.05) is 5.92 Å². The number of carboxylic acid groups (broad SMARTS) is 2. The summed E-state index contributed by atoms with van der Waals surface area (Å²) in [5.41, 5.74) is 0.716. The second-order valence-corrected chi connectivity index (χ2v) is 7.10. The quantitative estimate of drug-likeness (QED) is 0.456. The van der Waals surface area contributed by atoms with Crippen LogP contribution in [0, 0.1) is 5.92 Å². The molecular formula is C22H23NO8. The normalized spacial score (nSPS) is 12.5. The van der Waals surface area contributed by atoms with E-state index in [9.17, 15) is 24.0 Å². The molecule has 2 atom stereocenters. The van der Waals surface area contributed by atoms with Crippen molar-refractivity contribution in [1.29, 1.82) is 0 Å². The molecular weight excluding hydrogens is 406 g/mol. The molecule has 3 N–H and O–H groups in total. The number of esters is 1. The Bertz CT molecular complexity index is 995. The maximum Gasteiger partial charge on any atom is 0.310 e. The minimum Gasteiger partial charge on any atom is -0.481 e. The van der Waals surface area contributed by atoms with E-state index in [2.05, 4.69) is 5.32 Å². The number of benzene rings is 2. The van der Waals surface area contributed by atoms with Crippen LogP contribution in [0.3, 0.4) is 0 Å². The van der Waals surface area contributed by atoms with Crippen molar-refractivity contribution in [3.8, 4) is 0 Å². The second kappa shape index (κ2) is 10.9. The lowest BCUT2D eigenvalue weighted by Gasteiger charge is -2.18. The van der Waals surface area contributed by atoms with Crippen LogP contribution in [0.1, 0.15) is 25.3 Å². The van der Waals surface area contributed by atoms with Crippen LogP contribution in [0.15, 0.2) is 42.5 Å². The van der Waals surface area contributed by atoms with Crippen molar-refractivity contribution in [3.63, 3.8) is 0 Å². The standard InChI is InChI=1S/C22H23NO8/c1-13(9-19(25)26)22(30)23-17(11-20(27)28)18(24)12-31-21(29)10-15-7-4-6-14-5-2-3-8-16(14)15/h2-8,13,17H,9-12H2,1H3,(H,23,30)(H,25,26)(H,27,28). The van der Waals surface area contributed by atoms with E-state index in [0.29, 0.717) is 5.56 Å². The topological polar surface area (TPSA) is 147 Å². The first-order valence-electron chi connectivity index (χ1n) is 9.56. The van der Waals surface area contributed by atoms with Crippen LogP contribution in [-0.2, 0) is 35.1 Å². The highest BCUT2D eigenvalue weighted by atomic mass is 16.5. The van der Waals surface area contributed by atoms with Gasteiger partial charge in [-0.3, -0.25) is 24.0 Å². The zero-order valence-corrected chi connectivity index (χ0v) is 16.9. The van der Waals surface area contributed by atoms with Gasteiger partial charge in [0.15, 0.2) is 12.4 Å². The first kappa shape index (κ1) is 23.5. The molecule has 2 aromatic rings. The minimum absolute atomic E-state index is 0.0831. The number of amides is 1. The van der Waals surface area contributed by atoms with Crippen molar-refractivity contribution >= 4 is 40.4 Å². The monoisotopic (exact) mass is 429 g/mol. The maximum atomic E-state index is 12.4. The molecule has 0 spiro atoms. The fraction of sp³-hybridized carbons (Fsp3) is 0.318. The van der Waals surface area contributed by atoms with E-state index in [0.717, 1.165) is 10.8 Å². The van der Waals surface area contributed by atoms with E-state index in [1.165, 1.54) is 6.92 Å². The van der Waals surface area contributed by atoms with Crippen molar-refractivity contribution in [2.75, 3.05) is 6.61 Å². The first-order valence-corrected chi connectivity index (χ1v) is 9.56. The summed E-state index contributed by atoms with van der Waals surface area (Å²) in [6.07, 6.45) is -1.27. The van der Waals surface area contributed by atoms with E-state index in [4.69, 9.17) is 14.9 Å². The molecule has 0 aromatic heterocycles. The Balaban J connectivity index is 1.97. The summed E-state index contributed by atoms with van der Waals surface area (Å²) in [6, 6.07) is 11.5. The third-order valence-electron chi connectivity index (χ3n) is 4.60. The number of hydrogen-bond donors (Lipinski definition) is 3. The van der Waals surface area contributed by atoms with Gasteiger partial charge < -0.3 is 20.3 Å². The highest BCUT2D eigenvalue weighted by molar-refractivity contribution is 5.95. The SMILES string of the molecule is CC(CC(=O)O)C(=O)NC(CC(=O)O)C(=O)COC(=O)Cc1cccc2ccccc12. The van der Waals surface area contributed by atoms with Crippen LogP contribution in [0.2, 0.25) is 0 Å². The van der Waals surface area contributed by atoms with Crippen molar-refractivity contribution in [3.05, 3.63) is 48.0 Å². The molecule has 0 saturated heterocycles. The number of carboxylic acids is 2. The molecule has 2 aromatic carbocycles. The Labute approximate surface area is 178 Å². The molecule has 2 unspecified atom stereocenters. The van der Waals surface area contributed by atoms with E-state index in [1.54, 1.807) is 12.1 Å². The summed E-state index contributed by atoms with van der Waals surface area (Å²) in [5.74, 6) is -5.76. The Morgan fingerprint density at radius 1 is 0.935 bits per heavy atom. The van der Waals surface area contributed by atoms with Crippen molar-refractivity contribution in [1.82, 2.24) is 5.32 Å². The number of ether oxygens (including phenoxy) is 1. The first-order chi connectivity index (χ1) is 14.7. The third kappa shape index (κ3) is 7.22. The summed E-state index contributed by atoms with van der Waals surface area (Å²) < 4.78 is 5.00. The van der Waals surface area contributed by atoms with Gasteiger partial charge in [-0.25, -0.2) is 0 Å². The average Bonchev–Trinajstić information content (AvgIpc) is 2.71. The van der Waals surface area contributed by atoms with Crippen LogP contribution in [0.4, 0.5) is 0 Å². The number of nitrogens with one attached hydrogen (secondary N) is 1. The molecule has 2 rings (SSSR count). The molecule has 0 aliphatic carbocycles. The average molecular weight is 429 g/mol. The van der Waals surface area contributed by atoms with Crippen LogP contribution >= 0.6 is 0 Å². The molecule has 0 fully saturated rings. The van der Waals surface area contributed by atoms with Gasteiger partial charge in [0.05, 0.1) is 19.3 Å². The fourth-order valence-electron chi connectivity index (χ4n) is 2.99. The number of aliphatic carboxylic acids is 2. The number of hydrogen-bond acceptors (Lipinski definition) is 6. The van der Waals surface area contributed by atoms with Crippen molar-refractivity contribution in [2.24, 2.45) is 5.92 Å². The Morgan fingerprint density at radius 2 is 1.58 bits per heavy atom. The number of ketones is 1. The number of rotatable bonds is 11. The van der Waals surface area contributed by atoms with E-state index in [-0.39, 0.29) is 6.42 Å². The van der Waals surface area contributed by atoms with E-state index in [1.807, 2.05) is 30.3 Å². The van der Waals surface area contributed by atoms with Gasteiger partial charge in [-0.05, 0) is 16.3 Å². The fourth-order valence-corrected chi connectivity index (χ4v) is 2.99. The zero-order valence-electron chi connectivity index (χ0n) is 16.9. The molecule has 164 valence electrons. The minimum atomic E-state index is -1.44. The molecule has 0 radical (unpaired) electrons. The third-order valence-corrected chi connectivity index (χ3v) is 4.60. The van der Waals surface area contributed by atoms with Crippen LogP contribution < -0.4 is 5.32 Å². The summed E-state index contributed by atoms with van der Waals surface area (Å²) in [6.45, 7) is 0.630. The maximum absolute atomic E-state index is 12.4. The molecule has 0 aliphatic rings. The molecule has 0 saturated carbocycles. The lowest BCUT2D eigenvalue weighted by atomic mass is 10.0. The van der Waals surface area contributed by atoms with Crippen LogP contribution in [0.25, 0.3) is 10.8 Å². The highest BCUT2D eigenvalue weighted by Gasteiger charge is 2.27. The van der Waals surface area contributed by atoms with Crippen molar-refractivity contribution < 1.29 is 38.9 Å². The smallest absolute Gasteiger partial charge is 0.310 e. The number of carbonyl (C=O) groups excluding carboxylic acids is 3. The molecule has 0 bridgehead atoms. The molecule has 0 aliphatic heterocycles. The predicted octanol–water partition coefficient (Wildman–Crippen LogP) is 1.56. The largest absolute Gasteiger partial charge is 0.481 e. The molecule has 0 heterocycles. The van der Waals surface area contributed by atoms with Gasteiger partial charge in [0.25, 0.3) is 0 Å². The van der Waals surface area contributed by atoms with E-state index >= 15 is 0 Å². The van der Waals surface area contributed by atoms with E-state index < -0.39 is 61.0 Å². The van der Waals surface area contributed by atoms with Gasteiger partial charge in [-0.1, -0.05) is 49.4 Å². The Hall–Kier alpha value is -3.75. The number of carbonyl (C=O) groups is 5. The molecule has 1 amide bonds. The highest BCUT2D eigenvalue weighted by Crippen LogP contribution is 2.19. The van der Waals surface area contributed by atoms with Gasteiger partial charge in [0.1, 0.15) is 6.04 Å². The number of Topliss-reactive ketones (excluding diaryl/α,β-unsaturated/α-hetero) is 1. The Kier molecular flexibility index (Phi) is 8.25. The Morgan fingerprint density at radius 3 is 2.26 bits per heavy atom. The van der Waals surface area contributed by atoms with Gasteiger partial charge in [-0.2, -0.15) is 0 Å². The van der Waals surface area contributed by atoms with Crippen LogP contribution in [0.5, 0.6) is 0 Å².